The smallest absolute Gasteiger partial charge is 0.271 e. The first-order valence-corrected chi connectivity index (χ1v) is 8.46. The number of nitro groups is 1. The highest BCUT2D eigenvalue weighted by atomic mass is 16.6. The van der Waals surface area contributed by atoms with Crippen LogP contribution in [0.2, 0.25) is 0 Å². The molecule has 2 amide bonds. The Hall–Kier alpha value is -2.68. The zero-order valence-electron chi connectivity index (χ0n) is 15.2. The second-order valence-corrected chi connectivity index (χ2v) is 6.23. The first-order valence-electron chi connectivity index (χ1n) is 8.46. The number of amides is 2. The van der Waals surface area contributed by atoms with Crippen LogP contribution in [0.5, 0.6) is 5.75 Å². The third-order valence-corrected chi connectivity index (χ3v) is 4.73. The number of nitro benzene ring substituents is 1. The van der Waals surface area contributed by atoms with Gasteiger partial charge in [0.1, 0.15) is 5.75 Å². The number of carbonyl (C=O) groups excluding carboxylic acids is 2. The van der Waals surface area contributed by atoms with E-state index in [0.717, 1.165) is 0 Å². The topological polar surface area (TPSA) is 114 Å². The minimum absolute atomic E-state index is 0.0246. The van der Waals surface area contributed by atoms with Crippen molar-refractivity contribution in [1.29, 1.82) is 0 Å². The minimum Gasteiger partial charge on any atom is -0.495 e. The lowest BCUT2D eigenvalue weighted by Crippen LogP contribution is -2.47. The van der Waals surface area contributed by atoms with Crippen LogP contribution < -0.4 is 15.4 Å². The van der Waals surface area contributed by atoms with Crippen LogP contribution in [0.1, 0.15) is 19.8 Å². The van der Waals surface area contributed by atoms with Crippen LogP contribution in [-0.2, 0) is 9.59 Å². The molecule has 2 N–H and O–H groups in total. The summed E-state index contributed by atoms with van der Waals surface area (Å²) < 4.78 is 5.16. The number of hydrogen-bond donors (Lipinski definition) is 2. The number of anilines is 1. The molecule has 0 saturated carbocycles. The molecule has 0 aliphatic carbocycles. The number of rotatable bonds is 6. The maximum Gasteiger partial charge on any atom is 0.271 e. The largest absolute Gasteiger partial charge is 0.495 e. The molecule has 1 aliphatic rings. The lowest BCUT2D eigenvalue weighted by Gasteiger charge is -2.34. The second kappa shape index (κ2) is 8.61. The van der Waals surface area contributed by atoms with Gasteiger partial charge in [-0.05, 0) is 38.9 Å². The fraction of sp³-hybridized carbons (Fsp3) is 0.529. The summed E-state index contributed by atoms with van der Waals surface area (Å²) >= 11 is 0. The number of nitrogens with zero attached hydrogens (tertiary/aromatic N) is 2. The molecule has 1 unspecified atom stereocenters. The molecule has 0 aromatic heterocycles. The van der Waals surface area contributed by atoms with Gasteiger partial charge in [-0.25, -0.2) is 0 Å². The van der Waals surface area contributed by atoms with Gasteiger partial charge in [-0.1, -0.05) is 0 Å². The van der Waals surface area contributed by atoms with Crippen LogP contribution in [0.4, 0.5) is 11.4 Å². The van der Waals surface area contributed by atoms with Crippen LogP contribution in [-0.4, -0.2) is 54.9 Å². The van der Waals surface area contributed by atoms with Crippen molar-refractivity contribution in [1.82, 2.24) is 10.2 Å². The van der Waals surface area contributed by atoms with Gasteiger partial charge in [-0.15, -0.1) is 0 Å². The summed E-state index contributed by atoms with van der Waals surface area (Å²) in [7, 11) is 3.06. The van der Waals surface area contributed by atoms with Crippen molar-refractivity contribution >= 4 is 23.2 Å². The lowest BCUT2D eigenvalue weighted by atomic mass is 9.95. The van der Waals surface area contributed by atoms with Crippen molar-refractivity contribution in [2.45, 2.75) is 25.8 Å². The zero-order chi connectivity index (χ0) is 19.3. The maximum absolute atomic E-state index is 12.6. The van der Waals surface area contributed by atoms with E-state index in [1.54, 1.807) is 14.0 Å². The number of methoxy groups -OCH3 is 1. The average Bonchev–Trinajstić information content (AvgIpc) is 2.66. The summed E-state index contributed by atoms with van der Waals surface area (Å²) in [5, 5.41) is 16.3. The van der Waals surface area contributed by atoms with Crippen LogP contribution in [0.25, 0.3) is 0 Å². The summed E-state index contributed by atoms with van der Waals surface area (Å²) in [5.74, 6) is 0.0862. The Morgan fingerprint density at radius 1 is 1.35 bits per heavy atom. The predicted molar refractivity (Wildman–Crippen MR) is 96.1 cm³/mol. The van der Waals surface area contributed by atoms with E-state index in [4.69, 9.17) is 4.74 Å². The number of nitrogens with one attached hydrogen (secondary N) is 2. The molecule has 1 fully saturated rings. The SMILES string of the molecule is CNC(=O)C1CCN(C(C)C(=O)Nc2cc([N+](=O)[O-])ccc2OC)CC1. The van der Waals surface area contributed by atoms with Crippen molar-refractivity contribution in [2.75, 3.05) is 32.6 Å². The number of non-ortho nitro benzene ring substituents is 1. The van der Waals surface area contributed by atoms with Gasteiger partial charge >= 0.3 is 0 Å². The average molecular weight is 364 g/mol. The summed E-state index contributed by atoms with van der Waals surface area (Å²) in [6.45, 7) is 3.05. The van der Waals surface area contributed by atoms with E-state index in [0.29, 0.717) is 31.7 Å². The highest BCUT2D eigenvalue weighted by Crippen LogP contribution is 2.29. The third-order valence-electron chi connectivity index (χ3n) is 4.73. The Balaban J connectivity index is 2.02. The second-order valence-electron chi connectivity index (χ2n) is 6.23. The van der Waals surface area contributed by atoms with Gasteiger partial charge in [0.15, 0.2) is 0 Å². The van der Waals surface area contributed by atoms with Crippen molar-refractivity contribution in [3.8, 4) is 5.75 Å². The standard InChI is InChI=1S/C17H24N4O5/c1-11(20-8-6-12(7-9-20)17(23)18-2)16(22)19-14-10-13(21(24)25)4-5-15(14)26-3/h4-5,10-12H,6-9H2,1-3H3,(H,18,23)(H,19,22). The van der Waals surface area contributed by atoms with E-state index >= 15 is 0 Å². The monoisotopic (exact) mass is 364 g/mol. The Kier molecular flexibility index (Phi) is 6.51. The van der Waals surface area contributed by atoms with E-state index in [1.165, 1.54) is 25.3 Å². The molecular weight excluding hydrogens is 340 g/mol. The number of hydrogen-bond acceptors (Lipinski definition) is 6. The molecule has 1 aromatic rings. The van der Waals surface area contributed by atoms with Crippen molar-refractivity contribution < 1.29 is 19.2 Å². The van der Waals surface area contributed by atoms with Crippen molar-refractivity contribution in [2.24, 2.45) is 5.92 Å². The number of carbonyl (C=O) groups is 2. The molecular formula is C17H24N4O5. The number of benzene rings is 1. The third kappa shape index (κ3) is 4.48. The quantitative estimate of drug-likeness (QED) is 0.582. The molecule has 0 radical (unpaired) electrons. The fourth-order valence-corrected chi connectivity index (χ4v) is 3.06. The molecule has 26 heavy (non-hydrogen) atoms. The van der Waals surface area contributed by atoms with Crippen LogP contribution >= 0.6 is 0 Å². The van der Waals surface area contributed by atoms with Gasteiger partial charge in [0.25, 0.3) is 5.69 Å². The molecule has 0 bridgehead atoms. The molecule has 1 heterocycles. The van der Waals surface area contributed by atoms with Gasteiger partial charge in [0.05, 0.1) is 23.8 Å². The lowest BCUT2D eigenvalue weighted by molar-refractivity contribution is -0.384. The fourth-order valence-electron chi connectivity index (χ4n) is 3.06. The molecule has 1 aliphatic heterocycles. The van der Waals surface area contributed by atoms with Crippen LogP contribution in [0.3, 0.4) is 0 Å². The van der Waals surface area contributed by atoms with Gasteiger partial charge in [0.2, 0.25) is 11.8 Å². The number of ether oxygens (including phenoxy) is 1. The Bertz CT molecular complexity index is 686. The molecule has 1 atom stereocenters. The van der Waals surface area contributed by atoms with E-state index in [9.17, 15) is 19.7 Å². The summed E-state index contributed by atoms with van der Waals surface area (Å²) in [6, 6.07) is 3.63. The van der Waals surface area contributed by atoms with Crippen LogP contribution in [0, 0.1) is 16.0 Å². The van der Waals surface area contributed by atoms with Crippen molar-refractivity contribution in [3.63, 3.8) is 0 Å². The normalized spacial score (nSPS) is 16.6. The maximum atomic E-state index is 12.6. The molecule has 9 nitrogen and oxygen atoms in total. The molecule has 1 saturated heterocycles. The summed E-state index contributed by atoms with van der Waals surface area (Å²) in [6.07, 6.45) is 1.38. The summed E-state index contributed by atoms with van der Waals surface area (Å²) in [4.78, 5) is 36.7. The first kappa shape index (κ1) is 19.6. The molecule has 1 aromatic carbocycles. The molecule has 2 rings (SSSR count). The Labute approximate surface area is 151 Å². The minimum atomic E-state index is -0.526. The van der Waals surface area contributed by atoms with Crippen molar-refractivity contribution in [3.05, 3.63) is 28.3 Å². The predicted octanol–water partition coefficient (Wildman–Crippen LogP) is 1.39. The number of likely N-dealkylation sites (tertiary alicyclic amines) is 1. The number of piperidine rings is 1. The first-order chi connectivity index (χ1) is 12.4. The van der Waals surface area contributed by atoms with Gasteiger partial charge < -0.3 is 15.4 Å². The Morgan fingerprint density at radius 2 is 2.00 bits per heavy atom. The van der Waals surface area contributed by atoms with Gasteiger partial charge in [-0.3, -0.25) is 24.6 Å². The highest BCUT2D eigenvalue weighted by Gasteiger charge is 2.29. The van der Waals surface area contributed by atoms with Gasteiger partial charge in [-0.2, -0.15) is 0 Å². The Morgan fingerprint density at radius 3 is 2.54 bits per heavy atom. The van der Waals surface area contributed by atoms with E-state index in [1.807, 2.05) is 4.90 Å². The highest BCUT2D eigenvalue weighted by molar-refractivity contribution is 5.96. The molecule has 142 valence electrons. The van der Waals surface area contributed by atoms with E-state index in [2.05, 4.69) is 10.6 Å². The molecule has 0 spiro atoms. The van der Waals surface area contributed by atoms with E-state index in [-0.39, 0.29) is 29.1 Å². The van der Waals surface area contributed by atoms with Gasteiger partial charge in [0, 0.05) is 25.1 Å². The molecule has 9 heteroatoms. The summed E-state index contributed by atoms with van der Waals surface area (Å²) in [5.41, 5.74) is 0.138. The zero-order valence-corrected chi connectivity index (χ0v) is 15.2. The van der Waals surface area contributed by atoms with E-state index < -0.39 is 11.0 Å². The van der Waals surface area contributed by atoms with Crippen LogP contribution in [0.15, 0.2) is 18.2 Å².